The number of fused-ring (bicyclic) bond motifs is 1. The van der Waals surface area contributed by atoms with E-state index in [4.69, 9.17) is 0 Å². The van der Waals surface area contributed by atoms with E-state index in [0.717, 1.165) is 18.5 Å². The van der Waals surface area contributed by atoms with E-state index in [9.17, 15) is 4.79 Å². The molecule has 16 heavy (non-hydrogen) atoms. The second-order valence-corrected chi connectivity index (χ2v) is 4.02. The van der Waals surface area contributed by atoms with E-state index in [1.807, 2.05) is 6.92 Å². The zero-order chi connectivity index (χ0) is 11.1. The van der Waals surface area contributed by atoms with Crippen molar-refractivity contribution in [2.75, 3.05) is 5.32 Å². The molecule has 0 aliphatic heterocycles. The molecule has 6 heteroatoms. The SMILES string of the molecule is Cc1cc(NC(=O)C2CC2)nc2ncnn12. The van der Waals surface area contributed by atoms with Crippen LogP contribution in [0.3, 0.4) is 0 Å². The van der Waals surface area contributed by atoms with Gasteiger partial charge in [0.25, 0.3) is 5.78 Å². The Bertz CT molecular complexity index is 557. The molecule has 2 aromatic rings. The summed E-state index contributed by atoms with van der Waals surface area (Å²) in [7, 11) is 0. The minimum absolute atomic E-state index is 0.0516. The highest BCUT2D eigenvalue weighted by Crippen LogP contribution is 2.29. The van der Waals surface area contributed by atoms with Gasteiger partial charge >= 0.3 is 0 Å². The van der Waals surface area contributed by atoms with Crippen molar-refractivity contribution in [2.24, 2.45) is 5.92 Å². The molecule has 0 spiro atoms. The summed E-state index contributed by atoms with van der Waals surface area (Å²) in [5.41, 5.74) is 0.897. The van der Waals surface area contributed by atoms with Crippen LogP contribution in [0.1, 0.15) is 18.5 Å². The van der Waals surface area contributed by atoms with Gasteiger partial charge in [0.1, 0.15) is 12.1 Å². The van der Waals surface area contributed by atoms with Crippen LogP contribution in [0.4, 0.5) is 5.82 Å². The van der Waals surface area contributed by atoms with E-state index >= 15 is 0 Å². The van der Waals surface area contributed by atoms with Gasteiger partial charge in [-0.25, -0.2) is 4.52 Å². The van der Waals surface area contributed by atoms with Gasteiger partial charge in [0.2, 0.25) is 5.91 Å². The van der Waals surface area contributed by atoms with E-state index in [0.29, 0.717) is 11.6 Å². The fraction of sp³-hybridized carbons (Fsp3) is 0.400. The van der Waals surface area contributed by atoms with Crippen LogP contribution in [0.25, 0.3) is 5.78 Å². The van der Waals surface area contributed by atoms with E-state index in [2.05, 4.69) is 20.4 Å². The predicted octanol–water partition coefficient (Wildman–Crippen LogP) is 0.781. The Labute approximate surface area is 91.7 Å². The molecule has 2 heterocycles. The number of aryl methyl sites for hydroxylation is 1. The van der Waals surface area contributed by atoms with E-state index < -0.39 is 0 Å². The molecular formula is C10H11N5O. The van der Waals surface area contributed by atoms with Gasteiger partial charge < -0.3 is 5.32 Å². The highest BCUT2D eigenvalue weighted by atomic mass is 16.2. The zero-order valence-corrected chi connectivity index (χ0v) is 8.84. The van der Waals surface area contributed by atoms with E-state index in [-0.39, 0.29) is 11.8 Å². The lowest BCUT2D eigenvalue weighted by molar-refractivity contribution is -0.117. The van der Waals surface area contributed by atoms with Gasteiger partial charge in [-0.05, 0) is 19.8 Å². The Kier molecular flexibility index (Phi) is 1.89. The van der Waals surface area contributed by atoms with E-state index in [1.54, 1.807) is 10.6 Å². The number of rotatable bonds is 2. The molecule has 1 aliphatic rings. The fourth-order valence-electron chi connectivity index (χ4n) is 1.60. The Morgan fingerprint density at radius 1 is 1.56 bits per heavy atom. The maximum Gasteiger partial charge on any atom is 0.254 e. The number of anilines is 1. The Morgan fingerprint density at radius 3 is 3.12 bits per heavy atom. The van der Waals surface area contributed by atoms with Crippen molar-refractivity contribution >= 4 is 17.5 Å². The third kappa shape index (κ3) is 1.52. The molecule has 1 amide bonds. The molecular weight excluding hydrogens is 206 g/mol. The number of carbonyl (C=O) groups excluding carboxylic acids is 1. The second kappa shape index (κ2) is 3.26. The van der Waals surface area contributed by atoms with Gasteiger partial charge in [0.15, 0.2) is 0 Å². The third-order valence-electron chi connectivity index (χ3n) is 2.63. The van der Waals surface area contributed by atoms with Gasteiger partial charge in [0, 0.05) is 17.7 Å². The maximum atomic E-state index is 11.6. The second-order valence-electron chi connectivity index (χ2n) is 4.02. The number of hydrogen-bond donors (Lipinski definition) is 1. The molecule has 1 N–H and O–H groups in total. The first-order valence-electron chi connectivity index (χ1n) is 5.22. The van der Waals surface area contributed by atoms with Crippen molar-refractivity contribution in [2.45, 2.75) is 19.8 Å². The topological polar surface area (TPSA) is 72.2 Å². The lowest BCUT2D eigenvalue weighted by atomic mass is 10.3. The number of hydrogen-bond acceptors (Lipinski definition) is 4. The van der Waals surface area contributed by atoms with Crippen LogP contribution in [-0.2, 0) is 4.79 Å². The quantitative estimate of drug-likeness (QED) is 0.806. The number of carbonyl (C=O) groups is 1. The number of nitrogens with one attached hydrogen (secondary N) is 1. The summed E-state index contributed by atoms with van der Waals surface area (Å²) in [5.74, 6) is 1.29. The first-order chi connectivity index (χ1) is 7.74. The Morgan fingerprint density at radius 2 is 2.38 bits per heavy atom. The Hall–Kier alpha value is -1.98. The maximum absolute atomic E-state index is 11.6. The highest BCUT2D eigenvalue weighted by Gasteiger charge is 2.29. The van der Waals surface area contributed by atoms with E-state index in [1.165, 1.54) is 6.33 Å². The van der Waals surface area contributed by atoms with Crippen LogP contribution in [-0.4, -0.2) is 25.5 Å². The minimum atomic E-state index is 0.0516. The molecule has 1 fully saturated rings. The molecule has 0 bridgehead atoms. The van der Waals surface area contributed by atoms with Gasteiger partial charge in [-0.3, -0.25) is 4.79 Å². The van der Waals surface area contributed by atoms with Crippen molar-refractivity contribution < 1.29 is 4.79 Å². The van der Waals surface area contributed by atoms with Crippen LogP contribution < -0.4 is 5.32 Å². The molecule has 6 nitrogen and oxygen atoms in total. The zero-order valence-electron chi connectivity index (χ0n) is 8.84. The van der Waals surface area contributed by atoms with Crippen LogP contribution in [0.15, 0.2) is 12.4 Å². The number of amides is 1. The summed E-state index contributed by atoms with van der Waals surface area (Å²) in [4.78, 5) is 19.8. The molecule has 0 saturated heterocycles. The molecule has 0 aromatic carbocycles. The van der Waals surface area contributed by atoms with Crippen molar-refractivity contribution in [3.8, 4) is 0 Å². The van der Waals surface area contributed by atoms with Crippen LogP contribution in [0.5, 0.6) is 0 Å². The van der Waals surface area contributed by atoms with Crippen molar-refractivity contribution in [1.82, 2.24) is 19.6 Å². The number of nitrogens with zero attached hydrogens (tertiary/aromatic N) is 4. The molecule has 0 unspecified atom stereocenters. The first kappa shape index (κ1) is 9.26. The van der Waals surface area contributed by atoms with Gasteiger partial charge in [-0.2, -0.15) is 15.1 Å². The standard InChI is InChI=1S/C10H11N5O/c1-6-4-8(13-9(16)7-2-3-7)14-10-11-5-12-15(6)10/h4-5,7H,2-3H2,1H3,(H,11,12,13,14,16). The van der Waals surface area contributed by atoms with Gasteiger partial charge in [0.05, 0.1) is 0 Å². The normalized spacial score (nSPS) is 15.3. The summed E-state index contributed by atoms with van der Waals surface area (Å²) in [6.07, 6.45) is 3.41. The number of aromatic nitrogens is 4. The third-order valence-corrected chi connectivity index (χ3v) is 2.63. The summed E-state index contributed by atoms with van der Waals surface area (Å²) >= 11 is 0. The largest absolute Gasteiger partial charge is 0.310 e. The lowest BCUT2D eigenvalue weighted by Gasteiger charge is -2.04. The smallest absolute Gasteiger partial charge is 0.254 e. The minimum Gasteiger partial charge on any atom is -0.310 e. The van der Waals surface area contributed by atoms with Crippen LogP contribution in [0.2, 0.25) is 0 Å². The van der Waals surface area contributed by atoms with Gasteiger partial charge in [-0.15, -0.1) is 0 Å². The van der Waals surface area contributed by atoms with Crippen LogP contribution >= 0.6 is 0 Å². The van der Waals surface area contributed by atoms with Gasteiger partial charge in [-0.1, -0.05) is 0 Å². The van der Waals surface area contributed by atoms with Crippen molar-refractivity contribution in [3.63, 3.8) is 0 Å². The van der Waals surface area contributed by atoms with Crippen molar-refractivity contribution in [1.29, 1.82) is 0 Å². The molecule has 0 radical (unpaired) electrons. The monoisotopic (exact) mass is 217 g/mol. The molecule has 3 rings (SSSR count). The molecule has 0 atom stereocenters. The lowest BCUT2D eigenvalue weighted by Crippen LogP contribution is -2.15. The molecule has 1 aliphatic carbocycles. The fourth-order valence-corrected chi connectivity index (χ4v) is 1.60. The molecule has 1 saturated carbocycles. The summed E-state index contributed by atoms with van der Waals surface area (Å²) in [6.45, 7) is 1.90. The Balaban J connectivity index is 1.94. The first-order valence-corrected chi connectivity index (χ1v) is 5.22. The summed E-state index contributed by atoms with van der Waals surface area (Å²) in [6, 6.07) is 1.79. The summed E-state index contributed by atoms with van der Waals surface area (Å²) < 4.78 is 1.63. The summed E-state index contributed by atoms with van der Waals surface area (Å²) in [5, 5.41) is 6.81. The highest BCUT2D eigenvalue weighted by molar-refractivity contribution is 5.93. The van der Waals surface area contributed by atoms with Crippen molar-refractivity contribution in [3.05, 3.63) is 18.1 Å². The predicted molar refractivity (Wildman–Crippen MR) is 56.9 cm³/mol. The van der Waals surface area contributed by atoms with Crippen LogP contribution in [0, 0.1) is 12.8 Å². The average Bonchev–Trinajstić information content (AvgIpc) is 2.98. The average molecular weight is 217 g/mol. The molecule has 82 valence electrons. The molecule has 2 aromatic heterocycles.